The van der Waals surface area contributed by atoms with Crippen molar-refractivity contribution in [3.63, 3.8) is 0 Å². The predicted molar refractivity (Wildman–Crippen MR) is 142 cm³/mol. The molecule has 0 saturated carbocycles. The third-order valence-corrected chi connectivity index (χ3v) is 7.57. The molecule has 0 aliphatic carbocycles. The van der Waals surface area contributed by atoms with Crippen LogP contribution in [0, 0.1) is 0 Å². The number of nitrogens with zero attached hydrogens (tertiary/aromatic N) is 4. The molecule has 2 saturated heterocycles. The second kappa shape index (κ2) is 13.6. The maximum absolute atomic E-state index is 12.2. The fourth-order valence-electron chi connectivity index (χ4n) is 4.57. The third-order valence-electron chi connectivity index (χ3n) is 6.57. The van der Waals surface area contributed by atoms with E-state index >= 15 is 0 Å². The lowest BCUT2D eigenvalue weighted by Crippen LogP contribution is -2.47. The summed E-state index contributed by atoms with van der Waals surface area (Å²) in [6.45, 7) is 9.52. The Bertz CT molecular complexity index is 851. The van der Waals surface area contributed by atoms with E-state index in [1.165, 1.54) is 42.9 Å². The predicted octanol–water partition coefficient (Wildman–Crippen LogP) is 3.99. The van der Waals surface area contributed by atoms with Crippen molar-refractivity contribution in [1.29, 1.82) is 0 Å². The van der Waals surface area contributed by atoms with Crippen molar-refractivity contribution in [1.82, 2.24) is 20.1 Å². The van der Waals surface area contributed by atoms with Gasteiger partial charge in [0.2, 0.25) is 0 Å². The van der Waals surface area contributed by atoms with Gasteiger partial charge in [0.15, 0.2) is 0 Å². The molecule has 2 amide bonds. The first-order chi connectivity index (χ1) is 16.8. The highest BCUT2D eigenvalue weighted by atomic mass is 32.2. The molecule has 1 aromatic carbocycles. The number of hydrogen-bond acceptors (Lipinski definition) is 6. The molecule has 1 aromatic heterocycles. The average molecular weight is 483 g/mol. The Kier molecular flexibility index (Phi) is 9.90. The highest BCUT2D eigenvalue weighted by Crippen LogP contribution is 2.21. The molecule has 2 fully saturated rings. The zero-order chi connectivity index (χ0) is 23.4. The zero-order valence-corrected chi connectivity index (χ0v) is 20.9. The first kappa shape index (κ1) is 24.8. The second-order valence-corrected chi connectivity index (χ2v) is 10.2. The van der Waals surface area contributed by atoms with Gasteiger partial charge in [-0.15, -0.1) is 11.8 Å². The third kappa shape index (κ3) is 8.18. The number of rotatable bonds is 10. The molecule has 2 aromatic rings. The molecule has 0 bridgehead atoms. The molecule has 184 valence electrons. The highest BCUT2D eigenvalue weighted by molar-refractivity contribution is 7.99. The summed E-state index contributed by atoms with van der Waals surface area (Å²) in [6.07, 6.45) is 8.73. The molecule has 34 heavy (non-hydrogen) atoms. The minimum atomic E-state index is -0.131. The standard InChI is InChI=1S/C26H38N6OS/c33-26(28-11-4-16-31-17-19-32(20-18-31)24-9-12-27-13-10-24)29-23-5-7-25(8-6-23)34-22-21-30-14-2-1-3-15-30/h5-10,12-13H,1-4,11,14-22H2,(H2,28,29,33). The van der Waals surface area contributed by atoms with Gasteiger partial charge < -0.3 is 20.4 Å². The SMILES string of the molecule is O=C(NCCCN1CCN(c2ccncc2)CC1)Nc1ccc(SCCN2CCCCC2)cc1. The van der Waals surface area contributed by atoms with E-state index < -0.39 is 0 Å². The van der Waals surface area contributed by atoms with Gasteiger partial charge in [0.1, 0.15) is 0 Å². The Hall–Kier alpha value is -2.29. The number of pyridine rings is 1. The summed E-state index contributed by atoms with van der Waals surface area (Å²) in [5.74, 6) is 1.12. The number of piperidine rings is 1. The van der Waals surface area contributed by atoms with Crippen LogP contribution in [0.3, 0.4) is 0 Å². The molecule has 0 atom stereocenters. The van der Waals surface area contributed by atoms with Crippen molar-refractivity contribution < 1.29 is 4.79 Å². The minimum absolute atomic E-state index is 0.131. The van der Waals surface area contributed by atoms with Gasteiger partial charge in [0, 0.05) is 73.7 Å². The monoisotopic (exact) mass is 482 g/mol. The van der Waals surface area contributed by atoms with E-state index in [-0.39, 0.29) is 6.03 Å². The molecule has 0 radical (unpaired) electrons. The summed E-state index contributed by atoms with van der Waals surface area (Å²) in [5, 5.41) is 5.93. The Labute approximate surface area is 208 Å². The minimum Gasteiger partial charge on any atom is -0.369 e. The Balaban J connectivity index is 1.06. The number of amides is 2. The van der Waals surface area contributed by atoms with Crippen molar-refractivity contribution in [2.45, 2.75) is 30.6 Å². The first-order valence-electron chi connectivity index (χ1n) is 12.6. The summed E-state index contributed by atoms with van der Waals surface area (Å²) in [6, 6.07) is 12.2. The van der Waals surface area contributed by atoms with Crippen LogP contribution in [-0.4, -0.2) is 85.5 Å². The Morgan fingerprint density at radius 2 is 1.56 bits per heavy atom. The molecule has 3 heterocycles. The van der Waals surface area contributed by atoms with Crippen LogP contribution in [0.4, 0.5) is 16.2 Å². The molecular formula is C26H38N6OS. The first-order valence-corrected chi connectivity index (χ1v) is 13.6. The van der Waals surface area contributed by atoms with Gasteiger partial charge in [0.25, 0.3) is 0 Å². The molecule has 8 heteroatoms. The Morgan fingerprint density at radius 1 is 0.853 bits per heavy atom. The number of anilines is 2. The molecular weight excluding hydrogens is 444 g/mol. The van der Waals surface area contributed by atoms with Gasteiger partial charge in [-0.2, -0.15) is 0 Å². The number of thioether (sulfide) groups is 1. The summed E-state index contributed by atoms with van der Waals surface area (Å²) < 4.78 is 0. The molecule has 2 aliphatic rings. The fraction of sp³-hybridized carbons (Fsp3) is 0.538. The lowest BCUT2D eigenvalue weighted by Gasteiger charge is -2.36. The topological polar surface area (TPSA) is 63.7 Å². The van der Waals surface area contributed by atoms with E-state index in [1.54, 1.807) is 0 Å². The molecule has 7 nitrogen and oxygen atoms in total. The normalized spacial score (nSPS) is 17.5. The number of urea groups is 1. The number of nitrogens with one attached hydrogen (secondary N) is 2. The van der Waals surface area contributed by atoms with E-state index in [9.17, 15) is 4.79 Å². The van der Waals surface area contributed by atoms with E-state index in [2.05, 4.69) is 54.6 Å². The van der Waals surface area contributed by atoms with Crippen LogP contribution in [0.2, 0.25) is 0 Å². The van der Waals surface area contributed by atoms with E-state index in [1.807, 2.05) is 36.3 Å². The van der Waals surface area contributed by atoms with E-state index in [0.717, 1.165) is 57.1 Å². The van der Waals surface area contributed by atoms with Crippen LogP contribution in [0.15, 0.2) is 53.7 Å². The second-order valence-electron chi connectivity index (χ2n) is 9.04. The highest BCUT2D eigenvalue weighted by Gasteiger charge is 2.16. The number of piperazine rings is 1. The van der Waals surface area contributed by atoms with Crippen molar-refractivity contribution >= 4 is 29.2 Å². The summed E-state index contributed by atoms with van der Waals surface area (Å²) in [7, 11) is 0. The van der Waals surface area contributed by atoms with Gasteiger partial charge in [-0.3, -0.25) is 9.88 Å². The molecule has 0 spiro atoms. The number of carbonyl (C=O) groups excluding carboxylic acids is 1. The van der Waals surface area contributed by atoms with Crippen LogP contribution in [0.25, 0.3) is 0 Å². The van der Waals surface area contributed by atoms with Crippen LogP contribution in [0.1, 0.15) is 25.7 Å². The molecule has 2 aliphatic heterocycles. The number of likely N-dealkylation sites (tertiary alicyclic amines) is 1. The maximum atomic E-state index is 12.2. The van der Waals surface area contributed by atoms with Crippen molar-refractivity contribution in [3.05, 3.63) is 48.8 Å². The number of aromatic nitrogens is 1. The molecule has 4 rings (SSSR count). The van der Waals surface area contributed by atoms with Crippen molar-refractivity contribution in [2.75, 3.05) is 74.9 Å². The van der Waals surface area contributed by atoms with Crippen LogP contribution < -0.4 is 15.5 Å². The van der Waals surface area contributed by atoms with Gasteiger partial charge in [-0.1, -0.05) is 6.42 Å². The molecule has 2 N–H and O–H groups in total. The van der Waals surface area contributed by atoms with Gasteiger partial charge >= 0.3 is 6.03 Å². The van der Waals surface area contributed by atoms with Gasteiger partial charge in [0.05, 0.1) is 0 Å². The van der Waals surface area contributed by atoms with Crippen LogP contribution in [-0.2, 0) is 0 Å². The van der Waals surface area contributed by atoms with Crippen molar-refractivity contribution in [2.24, 2.45) is 0 Å². The van der Waals surface area contributed by atoms with Gasteiger partial charge in [-0.25, -0.2) is 4.79 Å². The van der Waals surface area contributed by atoms with Gasteiger partial charge in [-0.05, 0) is 75.3 Å². The number of carbonyl (C=O) groups is 1. The van der Waals surface area contributed by atoms with E-state index in [4.69, 9.17) is 0 Å². The molecule has 0 unspecified atom stereocenters. The van der Waals surface area contributed by atoms with E-state index in [0.29, 0.717) is 6.54 Å². The lowest BCUT2D eigenvalue weighted by molar-refractivity contribution is 0.242. The number of hydrogen-bond donors (Lipinski definition) is 2. The zero-order valence-electron chi connectivity index (χ0n) is 20.1. The number of benzene rings is 1. The quantitative estimate of drug-likeness (QED) is 0.394. The summed E-state index contributed by atoms with van der Waals surface area (Å²) in [4.78, 5) is 25.0. The maximum Gasteiger partial charge on any atom is 0.319 e. The largest absolute Gasteiger partial charge is 0.369 e. The average Bonchev–Trinajstić information content (AvgIpc) is 2.89. The summed E-state index contributed by atoms with van der Waals surface area (Å²) in [5.41, 5.74) is 2.09. The smallest absolute Gasteiger partial charge is 0.319 e. The fourth-order valence-corrected chi connectivity index (χ4v) is 5.49. The summed E-state index contributed by atoms with van der Waals surface area (Å²) >= 11 is 1.89. The van der Waals surface area contributed by atoms with Crippen LogP contribution >= 0.6 is 11.8 Å². The van der Waals surface area contributed by atoms with Crippen molar-refractivity contribution in [3.8, 4) is 0 Å². The lowest BCUT2D eigenvalue weighted by atomic mass is 10.1. The van der Waals surface area contributed by atoms with Crippen LogP contribution in [0.5, 0.6) is 0 Å². The Morgan fingerprint density at radius 3 is 2.29 bits per heavy atom.